The van der Waals surface area contributed by atoms with Gasteiger partial charge in [-0.3, -0.25) is 4.79 Å². The van der Waals surface area contributed by atoms with E-state index in [-0.39, 0.29) is 40.0 Å². The molecule has 0 bridgehead atoms. The van der Waals surface area contributed by atoms with Crippen LogP contribution in [-0.2, 0) is 14.6 Å². The average Bonchev–Trinajstić information content (AvgIpc) is 2.94. The molecule has 0 saturated carbocycles. The number of hydrogen-bond donors (Lipinski definition) is 2. The highest BCUT2D eigenvalue weighted by molar-refractivity contribution is 7.91. The van der Waals surface area contributed by atoms with E-state index in [2.05, 4.69) is 20.6 Å². The smallest absolute Gasteiger partial charge is 0.414 e. The summed E-state index contributed by atoms with van der Waals surface area (Å²) in [5.41, 5.74) is 0.417. The Kier molecular flexibility index (Phi) is 10.4. The maximum atomic E-state index is 13.7. The fourth-order valence-corrected chi connectivity index (χ4v) is 4.56. The number of rotatable bonds is 12. The second-order valence-electron chi connectivity index (χ2n) is 8.85. The zero-order valence-electron chi connectivity index (χ0n) is 23.5. The summed E-state index contributed by atoms with van der Waals surface area (Å²) in [6.07, 6.45) is 0.782. The topological polar surface area (TPSA) is 143 Å². The summed E-state index contributed by atoms with van der Waals surface area (Å²) in [4.78, 5) is 36.4. The minimum Gasteiger partial charge on any atom is -0.420 e. The predicted octanol–water partition coefficient (Wildman–Crippen LogP) is 4.42. The first kappa shape index (κ1) is 31.1. The summed E-state index contributed by atoms with van der Waals surface area (Å²) in [6.45, 7) is 6.69. The Labute approximate surface area is 238 Å². The lowest BCUT2D eigenvalue weighted by Crippen LogP contribution is -2.26. The lowest BCUT2D eigenvalue weighted by atomic mass is 10.2. The van der Waals surface area contributed by atoms with Crippen LogP contribution < -0.4 is 25.0 Å². The lowest BCUT2D eigenvalue weighted by molar-refractivity contribution is -0.134. The molecule has 41 heavy (non-hydrogen) atoms. The Bertz CT molecular complexity index is 1500. The largest absolute Gasteiger partial charge is 0.420 e. The Morgan fingerprint density at radius 2 is 1.71 bits per heavy atom. The van der Waals surface area contributed by atoms with Gasteiger partial charge in [0.1, 0.15) is 11.7 Å². The third-order valence-corrected chi connectivity index (χ3v) is 7.23. The molecule has 0 unspecified atom stereocenters. The monoisotopic (exact) mass is 588 g/mol. The Morgan fingerprint density at radius 3 is 2.34 bits per heavy atom. The molecule has 0 spiro atoms. The minimum absolute atomic E-state index is 0.0169. The molecule has 0 fully saturated rings. The number of carbonyl (C=O) groups is 2. The van der Waals surface area contributed by atoms with Gasteiger partial charge in [-0.2, -0.15) is 4.98 Å². The van der Waals surface area contributed by atoms with E-state index in [4.69, 9.17) is 9.47 Å². The van der Waals surface area contributed by atoms with Crippen molar-refractivity contribution >= 4 is 45.0 Å². The van der Waals surface area contributed by atoms with E-state index in [0.717, 1.165) is 12.1 Å². The van der Waals surface area contributed by atoms with Crippen molar-refractivity contribution in [3.63, 3.8) is 0 Å². The number of amides is 1. The molecule has 0 saturated heterocycles. The number of hydrogen-bond acceptors (Lipinski definition) is 11. The molecule has 0 atom stereocenters. The number of aromatic nitrogens is 2. The van der Waals surface area contributed by atoms with Crippen LogP contribution in [0.3, 0.4) is 0 Å². The Morgan fingerprint density at radius 1 is 1.00 bits per heavy atom. The first-order valence-electron chi connectivity index (χ1n) is 12.8. The van der Waals surface area contributed by atoms with Crippen molar-refractivity contribution in [3.05, 3.63) is 54.5 Å². The van der Waals surface area contributed by atoms with E-state index in [1.807, 2.05) is 18.7 Å². The molecule has 0 radical (unpaired) electrons. The number of para-hydroxylation sites is 1. The van der Waals surface area contributed by atoms with Crippen LogP contribution in [0.15, 0.2) is 53.6 Å². The van der Waals surface area contributed by atoms with Gasteiger partial charge >= 0.3 is 12.1 Å². The SMILES string of the molecule is CCC(=O)Oc1c(Nc2nc(N(CC)CC)ncc2NCS(=O)(=O)c2cccc(F)c2)cccc1OC(=O)N(C)C. The number of carbonyl (C=O) groups excluding carboxylic acids is 2. The van der Waals surface area contributed by atoms with Crippen LogP contribution in [0.1, 0.15) is 27.2 Å². The molecule has 1 aromatic heterocycles. The third kappa shape index (κ3) is 8.03. The molecular weight excluding hydrogens is 555 g/mol. The van der Waals surface area contributed by atoms with Crippen molar-refractivity contribution in [1.82, 2.24) is 14.9 Å². The standard InChI is InChI=1S/C27H33FN6O6S/c1-6-23(35)40-24-20(13-10-14-22(24)39-27(36)33(4)5)31-25-21(16-29-26(32-25)34(7-2)8-3)30-17-41(37,38)19-12-9-11-18(28)15-19/h9-16,30H,6-8,17H2,1-5H3,(H,29,31,32). The Balaban J connectivity index is 2.05. The van der Waals surface area contributed by atoms with Crippen LogP contribution in [0.2, 0.25) is 0 Å². The van der Waals surface area contributed by atoms with E-state index in [0.29, 0.717) is 19.0 Å². The van der Waals surface area contributed by atoms with Gasteiger partial charge in [-0.05, 0) is 44.2 Å². The van der Waals surface area contributed by atoms with E-state index >= 15 is 0 Å². The summed E-state index contributed by atoms with van der Waals surface area (Å²) in [6, 6.07) is 9.33. The first-order valence-corrected chi connectivity index (χ1v) is 14.5. The second kappa shape index (κ2) is 13.7. The van der Waals surface area contributed by atoms with E-state index in [1.165, 1.54) is 43.4 Å². The summed E-state index contributed by atoms with van der Waals surface area (Å²) >= 11 is 0. The molecule has 0 aliphatic rings. The Hall–Kier alpha value is -4.46. The van der Waals surface area contributed by atoms with Crippen LogP contribution in [0.25, 0.3) is 0 Å². The molecule has 12 nitrogen and oxygen atoms in total. The van der Waals surface area contributed by atoms with Crippen LogP contribution in [-0.4, -0.2) is 68.4 Å². The van der Waals surface area contributed by atoms with Gasteiger partial charge in [-0.15, -0.1) is 0 Å². The molecule has 3 aromatic rings. The number of benzene rings is 2. The molecular formula is C27H33FN6O6S. The molecule has 1 amide bonds. The van der Waals surface area contributed by atoms with E-state index in [9.17, 15) is 22.4 Å². The first-order chi connectivity index (χ1) is 19.5. The normalized spacial score (nSPS) is 11.0. The summed E-state index contributed by atoms with van der Waals surface area (Å²) < 4.78 is 50.4. The molecule has 14 heteroatoms. The number of esters is 1. The maximum Gasteiger partial charge on any atom is 0.414 e. The summed E-state index contributed by atoms with van der Waals surface area (Å²) in [7, 11) is -0.923. The number of ether oxygens (including phenoxy) is 2. The van der Waals surface area contributed by atoms with Gasteiger partial charge in [-0.1, -0.05) is 19.1 Å². The summed E-state index contributed by atoms with van der Waals surface area (Å²) in [5.74, 6) is -1.40. The highest BCUT2D eigenvalue weighted by atomic mass is 32.2. The van der Waals surface area contributed by atoms with Crippen molar-refractivity contribution in [2.45, 2.75) is 32.1 Å². The van der Waals surface area contributed by atoms with Gasteiger partial charge in [-0.25, -0.2) is 22.6 Å². The van der Waals surface area contributed by atoms with Crippen molar-refractivity contribution in [3.8, 4) is 11.5 Å². The predicted molar refractivity (Wildman–Crippen MR) is 153 cm³/mol. The molecule has 2 aromatic carbocycles. The number of anilines is 4. The lowest BCUT2D eigenvalue weighted by Gasteiger charge is -2.22. The molecule has 0 aliphatic heterocycles. The van der Waals surface area contributed by atoms with E-state index in [1.54, 1.807) is 19.1 Å². The van der Waals surface area contributed by atoms with Crippen LogP contribution >= 0.6 is 0 Å². The van der Waals surface area contributed by atoms with Gasteiger partial charge in [0.25, 0.3) is 0 Å². The van der Waals surface area contributed by atoms with Gasteiger partial charge in [0, 0.05) is 33.6 Å². The molecule has 0 aliphatic carbocycles. The fourth-order valence-electron chi connectivity index (χ4n) is 3.47. The zero-order chi connectivity index (χ0) is 30.2. The van der Waals surface area contributed by atoms with Crippen molar-refractivity contribution in [2.24, 2.45) is 0 Å². The molecule has 1 heterocycles. The van der Waals surface area contributed by atoms with Gasteiger partial charge in [0.05, 0.1) is 22.5 Å². The number of nitrogens with zero attached hydrogens (tertiary/aromatic N) is 4. The maximum absolute atomic E-state index is 13.7. The minimum atomic E-state index is -3.94. The van der Waals surface area contributed by atoms with Gasteiger partial charge in [0.15, 0.2) is 27.2 Å². The van der Waals surface area contributed by atoms with Crippen LogP contribution in [0, 0.1) is 5.82 Å². The highest BCUT2D eigenvalue weighted by Gasteiger charge is 2.22. The number of nitrogens with one attached hydrogen (secondary N) is 2. The van der Waals surface area contributed by atoms with Crippen molar-refractivity contribution in [2.75, 3.05) is 48.6 Å². The summed E-state index contributed by atoms with van der Waals surface area (Å²) in [5, 5.41) is 5.88. The third-order valence-electron chi connectivity index (χ3n) is 5.73. The fraction of sp³-hybridized carbons (Fsp3) is 0.333. The van der Waals surface area contributed by atoms with E-state index < -0.39 is 33.6 Å². The molecule has 2 N–H and O–H groups in total. The quantitative estimate of drug-likeness (QED) is 0.229. The van der Waals surface area contributed by atoms with Crippen LogP contribution in [0.5, 0.6) is 11.5 Å². The second-order valence-corrected chi connectivity index (χ2v) is 10.8. The molecule has 3 rings (SSSR count). The average molecular weight is 589 g/mol. The van der Waals surface area contributed by atoms with Crippen molar-refractivity contribution < 1.29 is 31.9 Å². The number of halogens is 1. The van der Waals surface area contributed by atoms with Gasteiger partial charge < -0.3 is 29.9 Å². The number of sulfone groups is 1. The molecule has 220 valence electrons. The highest BCUT2D eigenvalue weighted by Crippen LogP contribution is 2.39. The zero-order valence-corrected chi connectivity index (χ0v) is 24.3. The van der Waals surface area contributed by atoms with Crippen LogP contribution in [0.4, 0.5) is 32.3 Å². The van der Waals surface area contributed by atoms with Crippen molar-refractivity contribution in [1.29, 1.82) is 0 Å². The van der Waals surface area contributed by atoms with Gasteiger partial charge in [0.2, 0.25) is 5.95 Å².